The standard InChI is InChI=1S/C20H28N2O3/c1-25-13-7-12-21-19(23)18-14-16-10-5-6-11-17(16)22(18)20(24)15-8-3-2-4-9-15/h2-4,8-9,16-18H,5-7,10-14H2,1H3,(H,21,23)/t16-,17-,18-/m0/s1. The molecule has 2 amide bonds. The zero-order valence-corrected chi connectivity index (χ0v) is 14.9. The van der Waals surface area contributed by atoms with E-state index in [4.69, 9.17) is 4.74 Å². The first-order chi connectivity index (χ1) is 12.2. The Balaban J connectivity index is 1.75. The summed E-state index contributed by atoms with van der Waals surface area (Å²) in [7, 11) is 1.66. The third kappa shape index (κ3) is 4.03. The second kappa shape index (κ2) is 8.48. The van der Waals surface area contributed by atoms with E-state index in [1.807, 2.05) is 35.2 Å². The summed E-state index contributed by atoms with van der Waals surface area (Å²) < 4.78 is 5.03. The Kier molecular flexibility index (Phi) is 6.08. The minimum Gasteiger partial charge on any atom is -0.385 e. The van der Waals surface area contributed by atoms with E-state index in [2.05, 4.69) is 5.32 Å². The predicted molar refractivity (Wildman–Crippen MR) is 96.3 cm³/mol. The summed E-state index contributed by atoms with van der Waals surface area (Å²) in [4.78, 5) is 27.8. The number of nitrogens with one attached hydrogen (secondary N) is 1. The second-order valence-electron chi connectivity index (χ2n) is 7.08. The van der Waals surface area contributed by atoms with Gasteiger partial charge >= 0.3 is 0 Å². The van der Waals surface area contributed by atoms with E-state index >= 15 is 0 Å². The van der Waals surface area contributed by atoms with Gasteiger partial charge in [0.25, 0.3) is 5.91 Å². The molecular weight excluding hydrogens is 316 g/mol. The average molecular weight is 344 g/mol. The summed E-state index contributed by atoms with van der Waals surface area (Å²) in [6, 6.07) is 9.20. The number of likely N-dealkylation sites (tertiary alicyclic amines) is 1. The van der Waals surface area contributed by atoms with Gasteiger partial charge in [0.15, 0.2) is 0 Å². The molecule has 1 heterocycles. The molecule has 0 radical (unpaired) electrons. The number of hydrogen-bond acceptors (Lipinski definition) is 3. The van der Waals surface area contributed by atoms with Gasteiger partial charge in [-0.2, -0.15) is 0 Å². The van der Waals surface area contributed by atoms with E-state index in [0.29, 0.717) is 24.6 Å². The molecule has 1 aliphatic carbocycles. The highest BCUT2D eigenvalue weighted by molar-refractivity contribution is 5.98. The Morgan fingerprint density at radius 1 is 1.20 bits per heavy atom. The monoisotopic (exact) mass is 344 g/mol. The molecule has 1 aliphatic heterocycles. The fraction of sp³-hybridized carbons (Fsp3) is 0.600. The van der Waals surface area contributed by atoms with E-state index in [1.54, 1.807) is 7.11 Å². The molecule has 1 aromatic carbocycles. The van der Waals surface area contributed by atoms with Crippen LogP contribution in [0.1, 0.15) is 48.9 Å². The van der Waals surface area contributed by atoms with Crippen LogP contribution >= 0.6 is 0 Å². The van der Waals surface area contributed by atoms with E-state index in [1.165, 1.54) is 6.42 Å². The number of hydrogen-bond donors (Lipinski definition) is 1. The summed E-state index contributed by atoms with van der Waals surface area (Å²) in [5, 5.41) is 2.99. The first-order valence-corrected chi connectivity index (χ1v) is 9.36. The Labute approximate surface area is 149 Å². The first kappa shape index (κ1) is 17.9. The van der Waals surface area contributed by atoms with Gasteiger partial charge in [-0.05, 0) is 43.7 Å². The van der Waals surface area contributed by atoms with Gasteiger partial charge in [0.2, 0.25) is 5.91 Å². The van der Waals surface area contributed by atoms with Crippen molar-refractivity contribution >= 4 is 11.8 Å². The summed E-state index contributed by atoms with van der Waals surface area (Å²) >= 11 is 0. The van der Waals surface area contributed by atoms with Crippen LogP contribution < -0.4 is 5.32 Å². The highest BCUT2D eigenvalue weighted by Crippen LogP contribution is 2.40. The smallest absolute Gasteiger partial charge is 0.254 e. The maximum absolute atomic E-state index is 13.1. The molecule has 2 aliphatic rings. The summed E-state index contributed by atoms with van der Waals surface area (Å²) in [6.45, 7) is 1.22. The molecule has 3 rings (SSSR count). The number of methoxy groups -OCH3 is 1. The maximum Gasteiger partial charge on any atom is 0.254 e. The highest BCUT2D eigenvalue weighted by Gasteiger charge is 2.47. The number of rotatable bonds is 6. The molecule has 1 saturated carbocycles. The van der Waals surface area contributed by atoms with Crippen molar-refractivity contribution in [1.82, 2.24) is 10.2 Å². The Morgan fingerprint density at radius 2 is 1.96 bits per heavy atom. The topological polar surface area (TPSA) is 58.6 Å². The van der Waals surface area contributed by atoms with Crippen LogP contribution in [-0.2, 0) is 9.53 Å². The van der Waals surface area contributed by atoms with Gasteiger partial charge in [-0.1, -0.05) is 31.0 Å². The van der Waals surface area contributed by atoms with Crippen LogP contribution in [-0.4, -0.2) is 49.1 Å². The van der Waals surface area contributed by atoms with Crippen LogP contribution in [0.15, 0.2) is 30.3 Å². The minimum absolute atomic E-state index is 0.00737. The summed E-state index contributed by atoms with van der Waals surface area (Å²) in [5.74, 6) is 0.429. The van der Waals surface area contributed by atoms with E-state index in [9.17, 15) is 9.59 Å². The van der Waals surface area contributed by atoms with Gasteiger partial charge in [0.05, 0.1) is 0 Å². The highest BCUT2D eigenvalue weighted by atomic mass is 16.5. The van der Waals surface area contributed by atoms with Gasteiger partial charge in [0, 0.05) is 31.9 Å². The van der Waals surface area contributed by atoms with Gasteiger partial charge < -0.3 is 15.0 Å². The number of carbonyl (C=O) groups excluding carboxylic acids is 2. The Morgan fingerprint density at radius 3 is 2.72 bits per heavy atom. The van der Waals surface area contributed by atoms with Crippen molar-refractivity contribution in [1.29, 1.82) is 0 Å². The maximum atomic E-state index is 13.1. The molecule has 3 atom stereocenters. The molecule has 0 bridgehead atoms. The molecular formula is C20H28N2O3. The molecule has 2 fully saturated rings. The fourth-order valence-corrected chi connectivity index (χ4v) is 4.26. The van der Waals surface area contributed by atoms with Crippen LogP contribution in [0.3, 0.4) is 0 Å². The van der Waals surface area contributed by atoms with Crippen molar-refractivity contribution in [3.8, 4) is 0 Å². The van der Waals surface area contributed by atoms with Crippen LogP contribution in [0, 0.1) is 5.92 Å². The van der Waals surface area contributed by atoms with Crippen LogP contribution in [0.4, 0.5) is 0 Å². The molecule has 0 unspecified atom stereocenters. The first-order valence-electron chi connectivity index (χ1n) is 9.36. The number of carbonyl (C=O) groups is 2. The SMILES string of the molecule is COCCCNC(=O)[C@@H]1C[C@@H]2CCCC[C@@H]2N1C(=O)c1ccccc1. The van der Waals surface area contributed by atoms with Gasteiger partial charge in [-0.3, -0.25) is 9.59 Å². The second-order valence-corrected chi connectivity index (χ2v) is 7.08. The van der Waals surface area contributed by atoms with Crippen molar-refractivity contribution in [2.24, 2.45) is 5.92 Å². The van der Waals surface area contributed by atoms with Gasteiger partial charge in [-0.15, -0.1) is 0 Å². The Bertz CT molecular complexity index is 590. The number of fused-ring (bicyclic) bond motifs is 1. The summed E-state index contributed by atoms with van der Waals surface area (Å²) in [5.41, 5.74) is 0.672. The van der Waals surface area contributed by atoms with Gasteiger partial charge in [0.1, 0.15) is 6.04 Å². The van der Waals surface area contributed by atoms with Crippen LogP contribution in [0.25, 0.3) is 0 Å². The van der Waals surface area contributed by atoms with Crippen LogP contribution in [0.5, 0.6) is 0 Å². The number of nitrogens with zero attached hydrogens (tertiary/aromatic N) is 1. The lowest BCUT2D eigenvalue weighted by molar-refractivity contribution is -0.125. The molecule has 1 N–H and O–H groups in total. The zero-order chi connectivity index (χ0) is 17.6. The van der Waals surface area contributed by atoms with Gasteiger partial charge in [-0.25, -0.2) is 0 Å². The van der Waals surface area contributed by atoms with Crippen molar-refractivity contribution in [2.45, 2.75) is 50.6 Å². The molecule has 25 heavy (non-hydrogen) atoms. The third-order valence-corrected chi connectivity index (χ3v) is 5.47. The number of ether oxygens (including phenoxy) is 1. The predicted octanol–water partition coefficient (Wildman–Crippen LogP) is 2.61. The lowest BCUT2D eigenvalue weighted by atomic mass is 9.84. The number of amides is 2. The zero-order valence-electron chi connectivity index (χ0n) is 14.9. The lowest BCUT2D eigenvalue weighted by Crippen LogP contribution is -2.49. The van der Waals surface area contributed by atoms with Crippen molar-refractivity contribution in [2.75, 3.05) is 20.3 Å². The van der Waals surface area contributed by atoms with Crippen molar-refractivity contribution in [3.05, 3.63) is 35.9 Å². The van der Waals surface area contributed by atoms with Crippen molar-refractivity contribution in [3.63, 3.8) is 0 Å². The van der Waals surface area contributed by atoms with Crippen LogP contribution in [0.2, 0.25) is 0 Å². The Hall–Kier alpha value is -1.88. The minimum atomic E-state index is -0.344. The quantitative estimate of drug-likeness (QED) is 0.807. The molecule has 0 aromatic heterocycles. The lowest BCUT2D eigenvalue weighted by Gasteiger charge is -2.33. The normalized spacial score (nSPS) is 25.5. The average Bonchev–Trinajstić information content (AvgIpc) is 3.05. The molecule has 0 spiro atoms. The molecule has 1 aromatic rings. The van der Waals surface area contributed by atoms with E-state index in [0.717, 1.165) is 32.1 Å². The summed E-state index contributed by atoms with van der Waals surface area (Å²) in [6.07, 6.45) is 6.06. The number of benzene rings is 1. The molecule has 1 saturated heterocycles. The molecule has 5 nitrogen and oxygen atoms in total. The van der Waals surface area contributed by atoms with E-state index < -0.39 is 0 Å². The third-order valence-electron chi connectivity index (χ3n) is 5.47. The van der Waals surface area contributed by atoms with Crippen molar-refractivity contribution < 1.29 is 14.3 Å². The largest absolute Gasteiger partial charge is 0.385 e. The fourth-order valence-electron chi connectivity index (χ4n) is 4.26. The molecule has 5 heteroatoms. The van der Waals surface area contributed by atoms with E-state index in [-0.39, 0.29) is 23.9 Å². The molecule has 136 valence electrons.